The highest BCUT2D eigenvalue weighted by molar-refractivity contribution is 6.21. The summed E-state index contributed by atoms with van der Waals surface area (Å²) in [6, 6.07) is 16.4. The van der Waals surface area contributed by atoms with Crippen LogP contribution in [0.1, 0.15) is 70.4 Å². The topological polar surface area (TPSA) is 67.1 Å². The van der Waals surface area contributed by atoms with Gasteiger partial charge in [0.25, 0.3) is 0 Å². The van der Waals surface area contributed by atoms with Crippen molar-refractivity contribution >= 4 is 28.7 Å². The molecule has 1 unspecified atom stereocenters. The van der Waals surface area contributed by atoms with Crippen LogP contribution >= 0.6 is 0 Å². The number of rotatable bonds is 6. The molecule has 0 N–H and O–H groups in total. The summed E-state index contributed by atoms with van der Waals surface area (Å²) >= 11 is 0. The van der Waals surface area contributed by atoms with Gasteiger partial charge in [-0.25, -0.2) is 0 Å². The summed E-state index contributed by atoms with van der Waals surface area (Å²) in [6.45, 7) is 14.5. The second-order valence-electron chi connectivity index (χ2n) is 15.1. The van der Waals surface area contributed by atoms with E-state index >= 15 is 0 Å². The molecule has 0 amide bonds. The third kappa shape index (κ3) is 7.07. The number of carbonyl (C=O) groups is 1. The monoisotopic (exact) mass is 632 g/mol. The van der Waals surface area contributed by atoms with Crippen molar-refractivity contribution in [3.8, 4) is 0 Å². The second kappa shape index (κ2) is 12.6. The lowest BCUT2D eigenvalue weighted by Crippen LogP contribution is -2.33. The first-order valence-corrected chi connectivity index (χ1v) is 16.3. The normalized spacial score (nSPS) is 20.5. The van der Waals surface area contributed by atoms with E-state index in [9.17, 15) is 9.90 Å². The molecule has 2 aromatic carbocycles. The van der Waals surface area contributed by atoms with Crippen LogP contribution in [0.3, 0.4) is 0 Å². The van der Waals surface area contributed by atoms with Gasteiger partial charge in [-0.3, -0.25) is 4.79 Å². The van der Waals surface area contributed by atoms with Gasteiger partial charge in [-0.05, 0) is 72.7 Å². The molecular formula is C41H48N2O4. The Labute approximate surface area is 281 Å². The van der Waals surface area contributed by atoms with Crippen LogP contribution in [0.4, 0.5) is 11.4 Å². The number of Topliss-reactive ketones (excluding diaryl/α,β-unsaturated/α-hetero) is 1. The highest BCUT2D eigenvalue weighted by atomic mass is 16.5. The molecule has 0 saturated carbocycles. The number of carbonyl (C=O) groups excluding carboxylic acids is 2. The number of ketones is 2. The number of hydrogen-bond acceptors (Lipinski definition) is 5. The maximum atomic E-state index is 13.7. The van der Waals surface area contributed by atoms with Crippen molar-refractivity contribution < 1.29 is 19.1 Å². The predicted octanol–water partition coefficient (Wildman–Crippen LogP) is 7.78. The number of hydrogen-bond donors (Lipinski definition) is 0. The second-order valence-corrected chi connectivity index (χ2v) is 15.1. The molecule has 0 spiro atoms. The SMILES string of the molecule is C/C(C1=C([O-])C(=CC2[CH+]C(c3ccc(N(C)C)cc3)=[O+][C-](C(C)(C)C)C2)C1=O)=C1\C=C(c2ccc(N(C)C)cc2)OC(C(C)(C)C)=C1. The average Bonchev–Trinajstić information content (AvgIpc) is 3.02. The van der Waals surface area contributed by atoms with Crippen LogP contribution in [0.25, 0.3) is 5.76 Å². The molecule has 0 bridgehead atoms. The highest BCUT2D eigenvalue weighted by Gasteiger charge is 2.40. The van der Waals surface area contributed by atoms with Crippen molar-refractivity contribution in [2.45, 2.75) is 54.9 Å². The highest BCUT2D eigenvalue weighted by Crippen LogP contribution is 2.43. The first-order chi connectivity index (χ1) is 21.9. The van der Waals surface area contributed by atoms with Crippen molar-refractivity contribution in [1.29, 1.82) is 0 Å². The molecule has 0 fully saturated rings. The van der Waals surface area contributed by atoms with Crippen LogP contribution in [0.5, 0.6) is 0 Å². The van der Waals surface area contributed by atoms with Gasteiger partial charge in [0.15, 0.2) is 11.9 Å². The minimum absolute atomic E-state index is 0.147. The van der Waals surface area contributed by atoms with Gasteiger partial charge in [0.2, 0.25) is 0 Å². The zero-order valence-electron chi connectivity index (χ0n) is 29.7. The summed E-state index contributed by atoms with van der Waals surface area (Å²) in [6.07, 6.45) is 9.29. The van der Waals surface area contributed by atoms with E-state index in [4.69, 9.17) is 9.16 Å². The first-order valence-electron chi connectivity index (χ1n) is 16.3. The number of nitrogens with zero attached hydrogens (tertiary/aromatic N) is 2. The van der Waals surface area contributed by atoms with Gasteiger partial charge < -0.3 is 24.1 Å². The fraction of sp³-hybridized carbons (Fsp3) is 0.366. The van der Waals surface area contributed by atoms with E-state index in [0.29, 0.717) is 17.8 Å². The predicted molar refractivity (Wildman–Crippen MR) is 190 cm³/mol. The van der Waals surface area contributed by atoms with Gasteiger partial charge in [-0.2, -0.15) is 0 Å². The van der Waals surface area contributed by atoms with E-state index in [1.54, 1.807) is 0 Å². The molecule has 1 atom stereocenters. The minimum atomic E-state index is -0.279. The fourth-order valence-electron chi connectivity index (χ4n) is 5.74. The van der Waals surface area contributed by atoms with E-state index < -0.39 is 0 Å². The van der Waals surface area contributed by atoms with Crippen molar-refractivity contribution in [3.05, 3.63) is 124 Å². The molecule has 3 aliphatic rings. The molecular weight excluding hydrogens is 584 g/mol. The Morgan fingerprint density at radius 1 is 0.915 bits per heavy atom. The summed E-state index contributed by atoms with van der Waals surface area (Å²) in [7, 11) is 8.03. The Balaban J connectivity index is 1.48. The van der Waals surface area contributed by atoms with Crippen LogP contribution < -0.4 is 14.9 Å². The van der Waals surface area contributed by atoms with Gasteiger partial charge in [-0.1, -0.05) is 47.3 Å². The van der Waals surface area contributed by atoms with Crippen LogP contribution in [0, 0.1) is 29.3 Å². The summed E-state index contributed by atoms with van der Waals surface area (Å²) in [5.74, 6) is 1.64. The number of benzene rings is 2. The van der Waals surface area contributed by atoms with Crippen molar-refractivity contribution in [2.75, 3.05) is 38.0 Å². The smallest absolute Gasteiger partial charge is 0.362 e. The Morgan fingerprint density at radius 3 is 1.96 bits per heavy atom. The molecule has 2 heterocycles. The quantitative estimate of drug-likeness (QED) is 0.185. The van der Waals surface area contributed by atoms with E-state index in [1.165, 1.54) is 0 Å². The van der Waals surface area contributed by atoms with E-state index in [-0.39, 0.29) is 39.4 Å². The summed E-state index contributed by atoms with van der Waals surface area (Å²) in [5, 5.41) is 13.7. The summed E-state index contributed by atoms with van der Waals surface area (Å²) in [4.78, 5) is 17.8. The fourth-order valence-corrected chi connectivity index (χ4v) is 5.74. The average molecular weight is 633 g/mol. The summed E-state index contributed by atoms with van der Waals surface area (Å²) < 4.78 is 12.8. The molecule has 5 rings (SSSR count). The van der Waals surface area contributed by atoms with Gasteiger partial charge in [-0.15, -0.1) is 0 Å². The molecule has 1 aliphatic carbocycles. The van der Waals surface area contributed by atoms with E-state index in [2.05, 4.69) is 58.6 Å². The molecule has 0 radical (unpaired) electrons. The van der Waals surface area contributed by atoms with E-state index in [0.717, 1.165) is 45.7 Å². The Kier molecular flexibility index (Phi) is 9.02. The van der Waals surface area contributed by atoms with Crippen LogP contribution in [-0.2, 0) is 9.53 Å². The van der Waals surface area contributed by atoms with Gasteiger partial charge in [0.1, 0.15) is 17.1 Å². The molecule has 2 aliphatic heterocycles. The molecule has 6 heteroatoms. The third-order valence-corrected chi connectivity index (χ3v) is 8.86. The van der Waals surface area contributed by atoms with Crippen molar-refractivity contribution in [1.82, 2.24) is 0 Å². The van der Waals surface area contributed by atoms with Crippen molar-refractivity contribution in [3.63, 3.8) is 0 Å². The largest absolute Gasteiger partial charge is 0.871 e. The number of anilines is 2. The Morgan fingerprint density at radius 2 is 1.47 bits per heavy atom. The lowest BCUT2D eigenvalue weighted by molar-refractivity contribution is -0.301. The maximum absolute atomic E-state index is 13.7. The van der Waals surface area contributed by atoms with Crippen molar-refractivity contribution in [2.24, 2.45) is 16.7 Å². The Bertz CT molecular complexity index is 1730. The lowest BCUT2D eigenvalue weighted by Gasteiger charge is -2.34. The first kappa shape index (κ1) is 33.8. The molecule has 0 saturated heterocycles. The van der Waals surface area contributed by atoms with Crippen LogP contribution in [0.2, 0.25) is 0 Å². The lowest BCUT2D eigenvalue weighted by atomic mass is 9.76. The number of ether oxygens (including phenoxy) is 1. The molecule has 47 heavy (non-hydrogen) atoms. The molecule has 2 aromatic rings. The van der Waals surface area contributed by atoms with Crippen LogP contribution in [-0.4, -0.2) is 39.8 Å². The van der Waals surface area contributed by atoms with Gasteiger partial charge in [0.05, 0.1) is 12.3 Å². The number of allylic oxidation sites excluding steroid dienone is 8. The van der Waals surface area contributed by atoms with Gasteiger partial charge >= 0.3 is 5.78 Å². The Hall–Kier alpha value is -4.58. The zero-order valence-corrected chi connectivity index (χ0v) is 29.7. The zero-order chi connectivity index (χ0) is 34.4. The minimum Gasteiger partial charge on any atom is -0.871 e. The molecule has 246 valence electrons. The third-order valence-electron chi connectivity index (χ3n) is 8.86. The maximum Gasteiger partial charge on any atom is 0.362 e. The standard InChI is InChI=1S/C41H48N2O4/c1-25(29-23-34(47-36(24-29)41(5,6)7)28-14-18-31(19-15-28)43(10)11)37-38(44)32(39(37)45)20-26-21-33(46-35(22-26)40(2,3)4)27-12-16-30(17-13-27)42(8)9/h12-21,23-24,26H,22H2,1-11H3/b29-25-. The summed E-state index contributed by atoms with van der Waals surface area (Å²) in [5.41, 5.74) is 5.54. The van der Waals surface area contributed by atoms with E-state index in [1.807, 2.05) is 101 Å². The van der Waals surface area contributed by atoms with Gasteiger partial charge in [0, 0.05) is 85.7 Å². The molecule has 0 aromatic heterocycles. The van der Waals surface area contributed by atoms with Crippen LogP contribution in [0.15, 0.2) is 101 Å². The molecule has 6 nitrogen and oxygen atoms in total.